The van der Waals surface area contributed by atoms with Crippen molar-refractivity contribution in [2.24, 2.45) is 0 Å². The lowest BCUT2D eigenvalue weighted by Crippen LogP contribution is -2.33. The van der Waals surface area contributed by atoms with E-state index in [2.05, 4.69) is 10.1 Å². The SMILES string of the molecule is CCN(CC(=O)Nc1ccccc1C(F)(F)F)Cc1cccc(C(=O)OC)c1. The standard InChI is InChI=1S/C20H21F3N2O3/c1-3-25(12-14-7-6-8-15(11-14)19(27)28-2)13-18(26)24-17-10-5-4-9-16(17)20(21,22)23/h4-11H,3,12-13H2,1-2H3,(H,24,26). The summed E-state index contributed by atoms with van der Waals surface area (Å²) in [6.45, 7) is 2.60. The van der Waals surface area contributed by atoms with Crippen LogP contribution >= 0.6 is 0 Å². The molecule has 0 aliphatic heterocycles. The molecule has 0 bridgehead atoms. The molecule has 0 saturated carbocycles. The van der Waals surface area contributed by atoms with Crippen LogP contribution in [-0.4, -0.2) is 37.0 Å². The Morgan fingerprint density at radius 3 is 2.46 bits per heavy atom. The molecule has 5 nitrogen and oxygen atoms in total. The highest BCUT2D eigenvalue weighted by molar-refractivity contribution is 5.93. The largest absolute Gasteiger partial charge is 0.465 e. The summed E-state index contributed by atoms with van der Waals surface area (Å²) >= 11 is 0. The highest BCUT2D eigenvalue weighted by Gasteiger charge is 2.33. The molecule has 0 aliphatic carbocycles. The minimum Gasteiger partial charge on any atom is -0.465 e. The Morgan fingerprint density at radius 1 is 1.11 bits per heavy atom. The quantitative estimate of drug-likeness (QED) is 0.723. The Morgan fingerprint density at radius 2 is 1.82 bits per heavy atom. The monoisotopic (exact) mass is 394 g/mol. The third-order valence-corrected chi connectivity index (χ3v) is 4.08. The van der Waals surface area contributed by atoms with Crippen molar-refractivity contribution in [2.75, 3.05) is 25.5 Å². The molecule has 0 heterocycles. The molecule has 1 N–H and O–H groups in total. The number of carbonyl (C=O) groups is 2. The van der Waals surface area contributed by atoms with Gasteiger partial charge in [0, 0.05) is 6.54 Å². The summed E-state index contributed by atoms with van der Waals surface area (Å²) in [6, 6.07) is 11.6. The lowest BCUT2D eigenvalue weighted by atomic mass is 10.1. The number of amides is 1. The van der Waals surface area contributed by atoms with Crippen molar-refractivity contribution in [3.8, 4) is 0 Å². The van der Waals surface area contributed by atoms with Gasteiger partial charge in [0.1, 0.15) is 0 Å². The molecule has 0 saturated heterocycles. The number of nitrogens with zero attached hydrogens (tertiary/aromatic N) is 1. The van der Waals surface area contributed by atoms with E-state index in [1.54, 1.807) is 29.2 Å². The molecule has 0 spiro atoms. The van der Waals surface area contributed by atoms with Gasteiger partial charge in [0.15, 0.2) is 0 Å². The second-order valence-electron chi connectivity index (χ2n) is 6.09. The fraction of sp³-hybridized carbons (Fsp3) is 0.300. The first-order valence-electron chi connectivity index (χ1n) is 8.60. The summed E-state index contributed by atoms with van der Waals surface area (Å²) in [7, 11) is 1.29. The number of methoxy groups -OCH3 is 1. The average Bonchev–Trinajstić information content (AvgIpc) is 2.66. The molecule has 28 heavy (non-hydrogen) atoms. The van der Waals surface area contributed by atoms with Gasteiger partial charge in [0.2, 0.25) is 5.91 Å². The number of hydrogen-bond donors (Lipinski definition) is 1. The van der Waals surface area contributed by atoms with Crippen LogP contribution in [0.2, 0.25) is 0 Å². The maximum absolute atomic E-state index is 13.0. The first-order chi connectivity index (χ1) is 13.2. The number of alkyl halides is 3. The number of hydrogen-bond acceptors (Lipinski definition) is 4. The predicted octanol–water partition coefficient (Wildman–Crippen LogP) is 3.95. The van der Waals surface area contributed by atoms with Crippen molar-refractivity contribution in [1.29, 1.82) is 0 Å². The van der Waals surface area contributed by atoms with Gasteiger partial charge < -0.3 is 10.1 Å². The van der Waals surface area contributed by atoms with Crippen LogP contribution < -0.4 is 5.32 Å². The Bertz CT molecular complexity index is 837. The van der Waals surface area contributed by atoms with E-state index < -0.39 is 23.6 Å². The van der Waals surface area contributed by atoms with Crippen LogP contribution in [0.5, 0.6) is 0 Å². The lowest BCUT2D eigenvalue weighted by molar-refractivity contribution is -0.137. The van der Waals surface area contributed by atoms with Crippen LogP contribution in [0.15, 0.2) is 48.5 Å². The van der Waals surface area contributed by atoms with Crippen molar-refractivity contribution < 1.29 is 27.5 Å². The number of halogens is 3. The zero-order valence-corrected chi connectivity index (χ0v) is 15.5. The van der Waals surface area contributed by atoms with Crippen LogP contribution in [0.4, 0.5) is 18.9 Å². The van der Waals surface area contributed by atoms with Gasteiger partial charge in [-0.2, -0.15) is 13.2 Å². The van der Waals surface area contributed by atoms with E-state index in [1.165, 1.54) is 25.3 Å². The predicted molar refractivity (Wildman–Crippen MR) is 98.8 cm³/mol. The number of ether oxygens (including phenoxy) is 1. The van der Waals surface area contributed by atoms with E-state index in [1.807, 2.05) is 6.92 Å². The van der Waals surface area contributed by atoms with E-state index in [4.69, 9.17) is 0 Å². The van der Waals surface area contributed by atoms with Crippen molar-refractivity contribution in [3.05, 3.63) is 65.2 Å². The molecule has 0 fully saturated rings. The first-order valence-corrected chi connectivity index (χ1v) is 8.60. The summed E-state index contributed by atoms with van der Waals surface area (Å²) in [4.78, 5) is 25.7. The lowest BCUT2D eigenvalue weighted by Gasteiger charge is -2.21. The molecule has 2 aromatic carbocycles. The van der Waals surface area contributed by atoms with Crippen molar-refractivity contribution in [2.45, 2.75) is 19.6 Å². The Kier molecular flexibility index (Phi) is 7.17. The molecular formula is C20H21F3N2O3. The van der Waals surface area contributed by atoms with E-state index in [0.717, 1.165) is 11.6 Å². The molecule has 0 aliphatic rings. The molecule has 1 amide bonds. The minimum absolute atomic E-state index is 0.0921. The maximum atomic E-state index is 13.0. The number of nitrogens with one attached hydrogen (secondary N) is 1. The third-order valence-electron chi connectivity index (χ3n) is 4.08. The number of likely N-dealkylation sites (N-methyl/N-ethyl adjacent to an activating group) is 1. The highest BCUT2D eigenvalue weighted by Crippen LogP contribution is 2.34. The van der Waals surface area contributed by atoms with E-state index in [0.29, 0.717) is 18.7 Å². The smallest absolute Gasteiger partial charge is 0.418 e. The number of para-hydroxylation sites is 1. The highest BCUT2D eigenvalue weighted by atomic mass is 19.4. The number of anilines is 1. The van der Waals surface area contributed by atoms with Gasteiger partial charge in [-0.3, -0.25) is 9.69 Å². The molecule has 0 radical (unpaired) electrons. The first kappa shape index (κ1) is 21.4. The number of esters is 1. The molecular weight excluding hydrogens is 373 g/mol. The van der Waals surface area contributed by atoms with Crippen LogP contribution in [-0.2, 0) is 22.3 Å². The zero-order valence-electron chi connectivity index (χ0n) is 15.5. The van der Waals surface area contributed by atoms with Crippen LogP contribution in [0, 0.1) is 0 Å². The Balaban J connectivity index is 2.06. The molecule has 8 heteroatoms. The van der Waals surface area contributed by atoms with Gasteiger partial charge in [-0.25, -0.2) is 4.79 Å². The maximum Gasteiger partial charge on any atom is 0.418 e. The summed E-state index contributed by atoms with van der Waals surface area (Å²) in [6.07, 6.45) is -4.55. The molecule has 2 rings (SSSR count). The van der Waals surface area contributed by atoms with Gasteiger partial charge in [0.05, 0.1) is 30.5 Å². The second kappa shape index (κ2) is 9.36. The number of rotatable bonds is 7. The molecule has 0 atom stereocenters. The fourth-order valence-corrected chi connectivity index (χ4v) is 2.68. The Hall–Kier alpha value is -2.87. The van der Waals surface area contributed by atoms with E-state index in [-0.39, 0.29) is 12.2 Å². The van der Waals surface area contributed by atoms with Crippen LogP contribution in [0.3, 0.4) is 0 Å². The van der Waals surface area contributed by atoms with Crippen LogP contribution in [0.25, 0.3) is 0 Å². The average molecular weight is 394 g/mol. The Labute approximate surface area is 161 Å². The molecule has 0 unspecified atom stereocenters. The molecule has 2 aromatic rings. The second-order valence-corrected chi connectivity index (χ2v) is 6.09. The van der Waals surface area contributed by atoms with Gasteiger partial charge in [-0.15, -0.1) is 0 Å². The third kappa shape index (κ3) is 5.82. The topological polar surface area (TPSA) is 58.6 Å². The molecule has 150 valence electrons. The number of benzene rings is 2. The minimum atomic E-state index is -4.55. The number of carbonyl (C=O) groups excluding carboxylic acids is 2. The van der Waals surface area contributed by atoms with E-state index >= 15 is 0 Å². The molecule has 0 aromatic heterocycles. The van der Waals surface area contributed by atoms with Gasteiger partial charge in [-0.1, -0.05) is 31.2 Å². The summed E-state index contributed by atoms with van der Waals surface area (Å²) in [5.41, 5.74) is 0.00812. The fourth-order valence-electron chi connectivity index (χ4n) is 2.68. The zero-order chi connectivity index (χ0) is 20.7. The normalized spacial score (nSPS) is 11.4. The van der Waals surface area contributed by atoms with Crippen LogP contribution in [0.1, 0.15) is 28.4 Å². The van der Waals surface area contributed by atoms with Crippen molar-refractivity contribution >= 4 is 17.6 Å². The van der Waals surface area contributed by atoms with Crippen molar-refractivity contribution in [3.63, 3.8) is 0 Å². The van der Waals surface area contributed by atoms with Gasteiger partial charge in [-0.05, 0) is 36.4 Å². The van der Waals surface area contributed by atoms with Gasteiger partial charge >= 0.3 is 12.1 Å². The van der Waals surface area contributed by atoms with Gasteiger partial charge in [0.25, 0.3) is 0 Å². The summed E-state index contributed by atoms with van der Waals surface area (Å²) in [5.74, 6) is -1.02. The summed E-state index contributed by atoms with van der Waals surface area (Å²) in [5, 5.41) is 2.33. The van der Waals surface area contributed by atoms with E-state index in [9.17, 15) is 22.8 Å². The summed E-state index contributed by atoms with van der Waals surface area (Å²) < 4.78 is 43.8. The van der Waals surface area contributed by atoms with Crippen molar-refractivity contribution in [1.82, 2.24) is 4.90 Å².